The van der Waals surface area contributed by atoms with Crippen molar-refractivity contribution >= 4 is 10.0 Å². The molecular weight excluding hydrogens is 288 g/mol. The molecule has 0 saturated heterocycles. The number of methoxy groups -OCH3 is 1. The van der Waals surface area contributed by atoms with Gasteiger partial charge in [-0.25, -0.2) is 13.1 Å². The van der Waals surface area contributed by atoms with Gasteiger partial charge in [0.05, 0.1) is 11.0 Å². The molecule has 0 spiro atoms. The van der Waals surface area contributed by atoms with Crippen LogP contribution in [0.5, 0.6) is 0 Å². The second kappa shape index (κ2) is 6.87. The van der Waals surface area contributed by atoms with Gasteiger partial charge in [0.2, 0.25) is 10.0 Å². The maximum Gasteiger partial charge on any atom is 0.240 e. The van der Waals surface area contributed by atoms with Gasteiger partial charge in [-0.1, -0.05) is 6.07 Å². The van der Waals surface area contributed by atoms with E-state index in [1.54, 1.807) is 19.2 Å². The van der Waals surface area contributed by atoms with Crippen molar-refractivity contribution in [3.63, 3.8) is 0 Å². The minimum atomic E-state index is -3.50. The number of benzene rings is 1. The summed E-state index contributed by atoms with van der Waals surface area (Å²) in [5.74, 6) is 0. The molecule has 118 valence electrons. The Balaban J connectivity index is 2.21. The van der Waals surface area contributed by atoms with E-state index in [-0.39, 0.29) is 12.1 Å². The number of hydrogen-bond donors (Lipinski definition) is 2. The average molecular weight is 312 g/mol. The van der Waals surface area contributed by atoms with Crippen LogP contribution >= 0.6 is 0 Å². The largest absolute Gasteiger partial charge is 0.380 e. The molecule has 5 nitrogen and oxygen atoms in total. The number of rotatable bonds is 6. The van der Waals surface area contributed by atoms with E-state index in [2.05, 4.69) is 10.0 Å². The van der Waals surface area contributed by atoms with Crippen LogP contribution in [0.4, 0.5) is 0 Å². The standard InChI is InChI=1S/C15H24N2O3S/c1-11-7-8-13(9-12(11)10-16-2)21(18,19)17-14-5-4-6-15(14)20-3/h7-9,14-17H,4-6,10H2,1-3H3. The minimum Gasteiger partial charge on any atom is -0.380 e. The van der Waals surface area contributed by atoms with E-state index in [0.29, 0.717) is 11.4 Å². The Morgan fingerprint density at radius 1 is 1.33 bits per heavy atom. The van der Waals surface area contributed by atoms with Crippen LogP contribution in [0.3, 0.4) is 0 Å². The van der Waals surface area contributed by atoms with E-state index in [9.17, 15) is 8.42 Å². The lowest BCUT2D eigenvalue weighted by Gasteiger charge is -2.20. The van der Waals surface area contributed by atoms with E-state index in [1.807, 2.05) is 20.0 Å². The molecule has 1 fully saturated rings. The van der Waals surface area contributed by atoms with Gasteiger partial charge in [-0.2, -0.15) is 0 Å². The summed E-state index contributed by atoms with van der Waals surface area (Å²) in [5.41, 5.74) is 2.08. The molecule has 1 aromatic carbocycles. The summed E-state index contributed by atoms with van der Waals surface area (Å²) >= 11 is 0. The minimum absolute atomic E-state index is 0.0259. The van der Waals surface area contributed by atoms with Crippen LogP contribution in [-0.2, 0) is 21.3 Å². The van der Waals surface area contributed by atoms with Crippen LogP contribution < -0.4 is 10.0 Å². The highest BCUT2D eigenvalue weighted by atomic mass is 32.2. The van der Waals surface area contributed by atoms with Crippen molar-refractivity contribution in [3.05, 3.63) is 29.3 Å². The highest BCUT2D eigenvalue weighted by Crippen LogP contribution is 2.24. The molecule has 2 rings (SSSR count). The summed E-state index contributed by atoms with van der Waals surface area (Å²) < 4.78 is 33.2. The summed E-state index contributed by atoms with van der Waals surface area (Å²) in [6.07, 6.45) is 2.70. The van der Waals surface area contributed by atoms with Gasteiger partial charge >= 0.3 is 0 Å². The van der Waals surface area contributed by atoms with Crippen molar-refractivity contribution in [3.8, 4) is 0 Å². The van der Waals surface area contributed by atoms with Gasteiger partial charge in [-0.05, 0) is 56.5 Å². The van der Waals surface area contributed by atoms with E-state index in [4.69, 9.17) is 4.74 Å². The molecule has 2 unspecified atom stereocenters. The number of sulfonamides is 1. The van der Waals surface area contributed by atoms with Crippen LogP contribution in [0.15, 0.2) is 23.1 Å². The van der Waals surface area contributed by atoms with Gasteiger partial charge in [-0.15, -0.1) is 0 Å². The third kappa shape index (κ3) is 3.83. The molecule has 1 aliphatic carbocycles. The Labute approximate surface area is 127 Å². The number of ether oxygens (including phenoxy) is 1. The Kier molecular flexibility index (Phi) is 5.37. The summed E-state index contributed by atoms with van der Waals surface area (Å²) in [6.45, 7) is 2.63. The fourth-order valence-corrected chi connectivity index (χ4v) is 4.16. The maximum absolute atomic E-state index is 12.5. The molecule has 0 aromatic heterocycles. The molecular formula is C15H24N2O3S. The van der Waals surface area contributed by atoms with Crippen LogP contribution in [-0.4, -0.2) is 34.7 Å². The SMILES string of the molecule is CNCc1cc(S(=O)(=O)NC2CCCC2OC)ccc1C. The highest BCUT2D eigenvalue weighted by Gasteiger charge is 2.31. The second-order valence-electron chi connectivity index (χ2n) is 5.55. The Morgan fingerprint density at radius 3 is 2.76 bits per heavy atom. The average Bonchev–Trinajstić information content (AvgIpc) is 2.87. The fraction of sp³-hybridized carbons (Fsp3) is 0.600. The molecule has 2 atom stereocenters. The zero-order valence-electron chi connectivity index (χ0n) is 12.8. The second-order valence-corrected chi connectivity index (χ2v) is 7.27. The molecule has 1 aliphatic rings. The topological polar surface area (TPSA) is 67.4 Å². The van der Waals surface area contributed by atoms with Crippen molar-refractivity contribution in [2.75, 3.05) is 14.2 Å². The van der Waals surface area contributed by atoms with Gasteiger partial charge in [0, 0.05) is 19.7 Å². The van der Waals surface area contributed by atoms with Crippen LogP contribution in [0.25, 0.3) is 0 Å². The van der Waals surface area contributed by atoms with Crippen molar-refractivity contribution < 1.29 is 13.2 Å². The molecule has 0 bridgehead atoms. The van der Waals surface area contributed by atoms with Crippen LogP contribution in [0, 0.1) is 6.92 Å². The third-order valence-electron chi connectivity index (χ3n) is 4.06. The molecule has 0 radical (unpaired) electrons. The van der Waals surface area contributed by atoms with Crippen molar-refractivity contribution in [2.45, 2.75) is 49.8 Å². The molecule has 0 aliphatic heterocycles. The first-order chi connectivity index (χ1) is 9.97. The monoisotopic (exact) mass is 312 g/mol. The van der Waals surface area contributed by atoms with Gasteiger partial charge in [0.25, 0.3) is 0 Å². The normalized spacial score (nSPS) is 22.6. The van der Waals surface area contributed by atoms with Crippen LogP contribution in [0.2, 0.25) is 0 Å². The predicted molar refractivity (Wildman–Crippen MR) is 82.7 cm³/mol. The zero-order chi connectivity index (χ0) is 15.5. The summed E-state index contributed by atoms with van der Waals surface area (Å²) in [7, 11) is -0.0211. The van der Waals surface area contributed by atoms with E-state index >= 15 is 0 Å². The first kappa shape index (κ1) is 16.4. The predicted octanol–water partition coefficient (Wildman–Crippen LogP) is 1.56. The first-order valence-corrected chi connectivity index (χ1v) is 8.75. The van der Waals surface area contributed by atoms with Crippen molar-refractivity contribution in [1.82, 2.24) is 10.0 Å². The van der Waals surface area contributed by atoms with Gasteiger partial charge in [0.1, 0.15) is 0 Å². The third-order valence-corrected chi connectivity index (χ3v) is 5.55. The zero-order valence-corrected chi connectivity index (χ0v) is 13.7. The number of aryl methyl sites for hydroxylation is 1. The van der Waals surface area contributed by atoms with E-state index in [0.717, 1.165) is 30.4 Å². The van der Waals surface area contributed by atoms with Gasteiger partial charge in [-0.3, -0.25) is 0 Å². The quantitative estimate of drug-likeness (QED) is 0.836. The summed E-state index contributed by atoms with van der Waals surface area (Å²) in [4.78, 5) is 0.320. The van der Waals surface area contributed by atoms with Gasteiger partial charge < -0.3 is 10.1 Å². The molecule has 2 N–H and O–H groups in total. The van der Waals surface area contributed by atoms with Crippen molar-refractivity contribution in [1.29, 1.82) is 0 Å². The Hall–Kier alpha value is -0.950. The number of hydrogen-bond acceptors (Lipinski definition) is 4. The molecule has 1 aromatic rings. The van der Waals surface area contributed by atoms with E-state index < -0.39 is 10.0 Å². The van der Waals surface area contributed by atoms with E-state index in [1.165, 1.54) is 0 Å². The molecule has 0 amide bonds. The smallest absolute Gasteiger partial charge is 0.240 e. The lowest BCUT2D eigenvalue weighted by molar-refractivity contribution is 0.0916. The lowest BCUT2D eigenvalue weighted by atomic mass is 10.1. The highest BCUT2D eigenvalue weighted by molar-refractivity contribution is 7.89. The summed E-state index contributed by atoms with van der Waals surface area (Å²) in [5, 5.41) is 3.06. The molecule has 1 saturated carbocycles. The number of nitrogens with one attached hydrogen (secondary N) is 2. The van der Waals surface area contributed by atoms with Crippen LogP contribution in [0.1, 0.15) is 30.4 Å². The lowest BCUT2D eigenvalue weighted by Crippen LogP contribution is -2.40. The summed E-state index contributed by atoms with van der Waals surface area (Å²) in [6, 6.07) is 5.12. The Bertz CT molecular complexity index is 587. The fourth-order valence-electron chi connectivity index (χ4n) is 2.81. The first-order valence-electron chi connectivity index (χ1n) is 7.27. The van der Waals surface area contributed by atoms with Gasteiger partial charge in [0.15, 0.2) is 0 Å². The van der Waals surface area contributed by atoms with Crippen molar-refractivity contribution in [2.24, 2.45) is 0 Å². The Morgan fingerprint density at radius 2 is 2.10 bits per heavy atom. The molecule has 6 heteroatoms. The maximum atomic E-state index is 12.5. The molecule has 0 heterocycles. The molecule has 21 heavy (non-hydrogen) atoms.